The second-order valence-corrected chi connectivity index (χ2v) is 4.64. The maximum absolute atomic E-state index is 9.93. The van der Waals surface area contributed by atoms with Crippen molar-refractivity contribution < 1.29 is 9.84 Å². The fourth-order valence-corrected chi connectivity index (χ4v) is 1.79. The summed E-state index contributed by atoms with van der Waals surface area (Å²) >= 11 is 0. The molecule has 2 nitrogen and oxygen atoms in total. The predicted molar refractivity (Wildman–Crippen MR) is 66.4 cm³/mol. The zero-order valence-corrected chi connectivity index (χ0v) is 10.4. The average Bonchev–Trinajstić information content (AvgIpc) is 2.25. The molecule has 16 heavy (non-hydrogen) atoms. The first kappa shape index (κ1) is 13.2. The predicted octanol–water partition coefficient (Wildman–Crippen LogP) is 2.96. The lowest BCUT2D eigenvalue weighted by Crippen LogP contribution is -2.03. The smallest absolute Gasteiger partial charge is 0.0812 e. The van der Waals surface area contributed by atoms with Crippen LogP contribution in [0.4, 0.5) is 0 Å². The molecule has 1 unspecified atom stereocenters. The molecule has 0 saturated carbocycles. The maximum Gasteiger partial charge on any atom is 0.0812 e. The molecule has 1 aromatic carbocycles. The molecular formula is C14H22O2. The number of methoxy groups -OCH3 is 1. The van der Waals surface area contributed by atoms with Crippen LogP contribution in [0.2, 0.25) is 0 Å². The fourth-order valence-electron chi connectivity index (χ4n) is 1.79. The van der Waals surface area contributed by atoms with Crippen molar-refractivity contribution in [3.63, 3.8) is 0 Å². The van der Waals surface area contributed by atoms with Gasteiger partial charge in [0, 0.05) is 20.1 Å². The lowest BCUT2D eigenvalue weighted by molar-refractivity contribution is 0.110. The van der Waals surface area contributed by atoms with Crippen molar-refractivity contribution >= 4 is 0 Å². The molecule has 0 bridgehead atoms. The molecule has 0 spiro atoms. The van der Waals surface area contributed by atoms with E-state index in [2.05, 4.69) is 26.0 Å². The molecule has 0 aromatic heterocycles. The standard InChI is InChI=1S/C14H22O2/c1-11(2)9-12-5-4-6-13(10-12)14(15)7-8-16-3/h4-6,10-11,14-15H,7-9H2,1-3H3. The van der Waals surface area contributed by atoms with Gasteiger partial charge >= 0.3 is 0 Å². The summed E-state index contributed by atoms with van der Waals surface area (Å²) in [6, 6.07) is 8.21. The second kappa shape index (κ2) is 6.66. The van der Waals surface area contributed by atoms with Crippen LogP contribution in [0.25, 0.3) is 0 Å². The minimum Gasteiger partial charge on any atom is -0.388 e. The van der Waals surface area contributed by atoms with Crippen LogP contribution in [-0.4, -0.2) is 18.8 Å². The topological polar surface area (TPSA) is 29.5 Å². The quantitative estimate of drug-likeness (QED) is 0.802. The Morgan fingerprint density at radius 3 is 2.69 bits per heavy atom. The molecule has 0 fully saturated rings. The van der Waals surface area contributed by atoms with Crippen molar-refractivity contribution in [1.29, 1.82) is 0 Å². The van der Waals surface area contributed by atoms with Gasteiger partial charge < -0.3 is 9.84 Å². The molecule has 0 aliphatic rings. The molecule has 90 valence electrons. The Bertz CT molecular complexity index is 307. The lowest BCUT2D eigenvalue weighted by atomic mass is 9.98. The van der Waals surface area contributed by atoms with Crippen LogP contribution in [0.1, 0.15) is 37.5 Å². The molecule has 1 atom stereocenters. The molecule has 0 aliphatic heterocycles. The Kier molecular flexibility index (Phi) is 5.50. The number of hydrogen-bond donors (Lipinski definition) is 1. The lowest BCUT2D eigenvalue weighted by Gasteiger charge is -2.12. The van der Waals surface area contributed by atoms with E-state index in [0.717, 1.165) is 12.0 Å². The van der Waals surface area contributed by atoms with Gasteiger partial charge in [-0.2, -0.15) is 0 Å². The number of ether oxygens (including phenoxy) is 1. The summed E-state index contributed by atoms with van der Waals surface area (Å²) < 4.78 is 4.97. The minimum atomic E-state index is -0.410. The largest absolute Gasteiger partial charge is 0.388 e. The van der Waals surface area contributed by atoms with E-state index in [4.69, 9.17) is 4.74 Å². The number of rotatable bonds is 6. The Morgan fingerprint density at radius 2 is 2.06 bits per heavy atom. The van der Waals surface area contributed by atoms with E-state index in [-0.39, 0.29) is 0 Å². The third kappa shape index (κ3) is 4.33. The van der Waals surface area contributed by atoms with Gasteiger partial charge in [0.05, 0.1) is 6.10 Å². The van der Waals surface area contributed by atoms with Crippen LogP contribution in [0.15, 0.2) is 24.3 Å². The summed E-state index contributed by atoms with van der Waals surface area (Å²) in [5.74, 6) is 0.645. The van der Waals surface area contributed by atoms with Crippen LogP contribution in [0.5, 0.6) is 0 Å². The molecule has 1 N–H and O–H groups in total. The molecule has 2 heteroatoms. The van der Waals surface area contributed by atoms with Crippen molar-refractivity contribution in [3.8, 4) is 0 Å². The van der Waals surface area contributed by atoms with Crippen LogP contribution >= 0.6 is 0 Å². The van der Waals surface area contributed by atoms with Crippen molar-refractivity contribution in [1.82, 2.24) is 0 Å². The van der Waals surface area contributed by atoms with Crippen LogP contribution < -0.4 is 0 Å². The normalized spacial score (nSPS) is 13.1. The summed E-state index contributed by atoms with van der Waals surface area (Å²) in [7, 11) is 1.65. The van der Waals surface area contributed by atoms with Gasteiger partial charge in [0.1, 0.15) is 0 Å². The maximum atomic E-state index is 9.93. The first-order valence-corrected chi connectivity index (χ1v) is 5.89. The monoisotopic (exact) mass is 222 g/mol. The van der Waals surface area contributed by atoms with E-state index in [0.29, 0.717) is 18.9 Å². The second-order valence-electron chi connectivity index (χ2n) is 4.64. The Morgan fingerprint density at radius 1 is 1.31 bits per heavy atom. The van der Waals surface area contributed by atoms with Gasteiger partial charge in [-0.3, -0.25) is 0 Å². The van der Waals surface area contributed by atoms with E-state index >= 15 is 0 Å². The summed E-state index contributed by atoms with van der Waals surface area (Å²) in [6.07, 6.45) is 1.30. The van der Waals surface area contributed by atoms with E-state index in [1.807, 2.05) is 12.1 Å². The Balaban J connectivity index is 2.65. The minimum absolute atomic E-state index is 0.410. The van der Waals surface area contributed by atoms with Gasteiger partial charge in [0.25, 0.3) is 0 Å². The third-order valence-corrected chi connectivity index (χ3v) is 2.58. The Hall–Kier alpha value is -0.860. The van der Waals surface area contributed by atoms with E-state index < -0.39 is 6.10 Å². The highest BCUT2D eigenvalue weighted by atomic mass is 16.5. The van der Waals surface area contributed by atoms with Gasteiger partial charge in [-0.1, -0.05) is 38.1 Å². The van der Waals surface area contributed by atoms with Crippen LogP contribution in [0.3, 0.4) is 0 Å². The highest BCUT2D eigenvalue weighted by molar-refractivity contribution is 5.25. The van der Waals surface area contributed by atoms with E-state index in [1.165, 1.54) is 5.56 Å². The average molecular weight is 222 g/mol. The molecule has 1 rings (SSSR count). The number of benzene rings is 1. The zero-order chi connectivity index (χ0) is 12.0. The fraction of sp³-hybridized carbons (Fsp3) is 0.571. The van der Waals surface area contributed by atoms with E-state index in [1.54, 1.807) is 7.11 Å². The van der Waals surface area contributed by atoms with Gasteiger partial charge in [-0.05, 0) is 23.5 Å². The summed E-state index contributed by atoms with van der Waals surface area (Å²) in [5.41, 5.74) is 2.29. The van der Waals surface area contributed by atoms with Gasteiger partial charge in [-0.25, -0.2) is 0 Å². The first-order valence-electron chi connectivity index (χ1n) is 5.89. The van der Waals surface area contributed by atoms with Crippen LogP contribution in [0, 0.1) is 5.92 Å². The van der Waals surface area contributed by atoms with Gasteiger partial charge in [0.15, 0.2) is 0 Å². The first-order chi connectivity index (χ1) is 7.63. The van der Waals surface area contributed by atoms with Crippen molar-refractivity contribution in [3.05, 3.63) is 35.4 Å². The van der Waals surface area contributed by atoms with Crippen molar-refractivity contribution in [2.45, 2.75) is 32.8 Å². The highest BCUT2D eigenvalue weighted by Crippen LogP contribution is 2.19. The van der Waals surface area contributed by atoms with Crippen LogP contribution in [-0.2, 0) is 11.2 Å². The van der Waals surface area contributed by atoms with Gasteiger partial charge in [-0.15, -0.1) is 0 Å². The summed E-state index contributed by atoms with van der Waals surface area (Å²) in [6.45, 7) is 5.00. The molecule has 1 aromatic rings. The molecule has 0 amide bonds. The van der Waals surface area contributed by atoms with E-state index in [9.17, 15) is 5.11 Å². The third-order valence-electron chi connectivity index (χ3n) is 2.58. The highest BCUT2D eigenvalue weighted by Gasteiger charge is 2.08. The molecule has 0 heterocycles. The molecular weight excluding hydrogens is 200 g/mol. The summed E-state index contributed by atoms with van der Waals surface area (Å²) in [5, 5.41) is 9.93. The van der Waals surface area contributed by atoms with Crippen molar-refractivity contribution in [2.75, 3.05) is 13.7 Å². The molecule has 0 aliphatic carbocycles. The zero-order valence-electron chi connectivity index (χ0n) is 10.4. The molecule has 0 saturated heterocycles. The SMILES string of the molecule is COCCC(O)c1cccc(CC(C)C)c1. The molecule has 0 radical (unpaired) electrons. The summed E-state index contributed by atoms with van der Waals surface area (Å²) in [4.78, 5) is 0. The number of aliphatic hydroxyl groups excluding tert-OH is 1. The number of hydrogen-bond acceptors (Lipinski definition) is 2. The van der Waals surface area contributed by atoms with Crippen molar-refractivity contribution in [2.24, 2.45) is 5.92 Å². The van der Waals surface area contributed by atoms with Gasteiger partial charge in [0.2, 0.25) is 0 Å². The number of aliphatic hydroxyl groups is 1. The Labute approximate surface area is 98.3 Å².